The van der Waals surface area contributed by atoms with Crippen molar-refractivity contribution in [3.05, 3.63) is 23.8 Å². The molecule has 2 rings (SSSR count). The molecule has 0 unspecified atom stereocenters. The molecule has 1 aromatic rings. The Morgan fingerprint density at radius 2 is 1.68 bits per heavy atom. The molecule has 0 bridgehead atoms. The molecule has 2 nitrogen and oxygen atoms in total. The van der Waals surface area contributed by atoms with Gasteiger partial charge in [-0.05, 0) is 60.8 Å². The van der Waals surface area contributed by atoms with Crippen LogP contribution < -0.4 is 11.1 Å². The summed E-state index contributed by atoms with van der Waals surface area (Å²) >= 11 is 0. The average Bonchev–Trinajstić information content (AvgIpc) is 2.17. The molecule has 0 saturated heterocycles. The lowest BCUT2D eigenvalue weighted by molar-refractivity contribution is 0.105. The number of nitrogens with one attached hydrogen (secondary N) is 1. The Balaban J connectivity index is 2.14. The van der Waals surface area contributed by atoms with Crippen LogP contribution in [0.15, 0.2) is 18.2 Å². The highest BCUT2D eigenvalue weighted by atomic mass is 14.9. The van der Waals surface area contributed by atoms with Gasteiger partial charge in [0.1, 0.15) is 0 Å². The summed E-state index contributed by atoms with van der Waals surface area (Å²) in [6, 6.07) is 6.69. The fraction of sp³-hybridized carbons (Fsp3) is 0.647. The van der Waals surface area contributed by atoms with E-state index in [1.807, 2.05) is 12.1 Å². The van der Waals surface area contributed by atoms with Gasteiger partial charge in [0.05, 0.1) is 0 Å². The van der Waals surface area contributed by atoms with Crippen molar-refractivity contribution >= 4 is 11.4 Å². The minimum absolute atomic E-state index is 0.418. The molecule has 0 amide bonds. The quantitative estimate of drug-likeness (QED) is 0.763. The first-order valence-corrected chi connectivity index (χ1v) is 7.30. The van der Waals surface area contributed by atoms with Crippen LogP contribution in [0.4, 0.5) is 11.4 Å². The Kier molecular flexibility index (Phi) is 3.55. The third kappa shape index (κ3) is 3.65. The van der Waals surface area contributed by atoms with Gasteiger partial charge < -0.3 is 11.1 Å². The van der Waals surface area contributed by atoms with Gasteiger partial charge in [-0.15, -0.1) is 0 Å². The molecule has 106 valence electrons. The second kappa shape index (κ2) is 4.73. The number of anilines is 2. The van der Waals surface area contributed by atoms with E-state index in [4.69, 9.17) is 5.73 Å². The van der Waals surface area contributed by atoms with E-state index >= 15 is 0 Å². The Bertz CT molecular complexity index is 444. The number of benzene rings is 1. The fourth-order valence-corrected chi connectivity index (χ4v) is 4.02. The van der Waals surface area contributed by atoms with Gasteiger partial charge in [-0.3, -0.25) is 0 Å². The van der Waals surface area contributed by atoms with E-state index in [2.05, 4.69) is 46.0 Å². The van der Waals surface area contributed by atoms with Gasteiger partial charge in [0.25, 0.3) is 0 Å². The van der Waals surface area contributed by atoms with Gasteiger partial charge in [0.15, 0.2) is 0 Å². The summed E-state index contributed by atoms with van der Waals surface area (Å²) in [5.41, 5.74) is 9.96. The minimum atomic E-state index is 0.418. The van der Waals surface area contributed by atoms with E-state index in [0.717, 1.165) is 5.69 Å². The van der Waals surface area contributed by atoms with Gasteiger partial charge in [0.2, 0.25) is 0 Å². The van der Waals surface area contributed by atoms with Crippen LogP contribution in [0.25, 0.3) is 0 Å². The second-order valence-electron chi connectivity index (χ2n) is 7.83. The van der Waals surface area contributed by atoms with Gasteiger partial charge in [-0.2, -0.15) is 0 Å². The standard InChI is InChI=1S/C17H28N2/c1-12-8-13(18)6-7-15(12)19-14-9-16(2,3)11-17(4,5)10-14/h6-8,14,19H,9-11,18H2,1-5H3. The second-order valence-corrected chi connectivity index (χ2v) is 7.83. The van der Waals surface area contributed by atoms with E-state index in [1.54, 1.807) is 0 Å². The minimum Gasteiger partial charge on any atom is -0.399 e. The molecule has 2 heteroatoms. The molecule has 1 saturated carbocycles. The van der Waals surface area contributed by atoms with Gasteiger partial charge in [-0.1, -0.05) is 27.7 Å². The van der Waals surface area contributed by atoms with E-state index < -0.39 is 0 Å². The zero-order valence-electron chi connectivity index (χ0n) is 13.0. The van der Waals surface area contributed by atoms with Crippen molar-refractivity contribution in [3.63, 3.8) is 0 Å². The third-order valence-corrected chi connectivity index (χ3v) is 4.17. The zero-order valence-corrected chi connectivity index (χ0v) is 13.0. The number of rotatable bonds is 2. The largest absolute Gasteiger partial charge is 0.399 e. The van der Waals surface area contributed by atoms with Crippen molar-refractivity contribution in [3.8, 4) is 0 Å². The predicted molar refractivity (Wildman–Crippen MR) is 84.4 cm³/mol. The van der Waals surface area contributed by atoms with Crippen molar-refractivity contribution < 1.29 is 0 Å². The van der Waals surface area contributed by atoms with Crippen LogP contribution in [0.3, 0.4) is 0 Å². The Morgan fingerprint density at radius 1 is 1.11 bits per heavy atom. The lowest BCUT2D eigenvalue weighted by Crippen LogP contribution is -2.40. The summed E-state index contributed by atoms with van der Waals surface area (Å²) < 4.78 is 0. The van der Waals surface area contributed by atoms with Crippen molar-refractivity contribution in [2.24, 2.45) is 10.8 Å². The SMILES string of the molecule is Cc1cc(N)ccc1NC1CC(C)(C)CC(C)(C)C1. The molecule has 1 aliphatic carbocycles. The van der Waals surface area contributed by atoms with Crippen LogP contribution in [-0.4, -0.2) is 6.04 Å². The van der Waals surface area contributed by atoms with Crippen molar-refractivity contribution in [1.29, 1.82) is 0 Å². The van der Waals surface area contributed by atoms with E-state index in [-0.39, 0.29) is 0 Å². The van der Waals surface area contributed by atoms with E-state index in [0.29, 0.717) is 16.9 Å². The Labute approximate surface area is 117 Å². The normalized spacial score (nSPS) is 22.2. The number of aryl methyl sites for hydroxylation is 1. The number of hydrogen-bond acceptors (Lipinski definition) is 2. The highest BCUT2D eigenvalue weighted by Gasteiger charge is 2.38. The lowest BCUT2D eigenvalue weighted by Gasteiger charge is -2.45. The Hall–Kier alpha value is -1.18. The summed E-state index contributed by atoms with van der Waals surface area (Å²) in [5.74, 6) is 0. The first-order valence-electron chi connectivity index (χ1n) is 7.30. The molecule has 19 heavy (non-hydrogen) atoms. The van der Waals surface area contributed by atoms with E-state index in [9.17, 15) is 0 Å². The average molecular weight is 260 g/mol. The highest BCUT2D eigenvalue weighted by molar-refractivity contribution is 5.58. The first kappa shape index (κ1) is 14.2. The van der Waals surface area contributed by atoms with Crippen LogP contribution in [0.2, 0.25) is 0 Å². The maximum atomic E-state index is 5.82. The summed E-state index contributed by atoms with van der Waals surface area (Å²) in [6.07, 6.45) is 3.78. The highest BCUT2D eigenvalue weighted by Crippen LogP contribution is 2.46. The summed E-state index contributed by atoms with van der Waals surface area (Å²) in [6.45, 7) is 11.7. The summed E-state index contributed by atoms with van der Waals surface area (Å²) in [5, 5.41) is 3.73. The molecule has 0 spiro atoms. The van der Waals surface area contributed by atoms with Crippen LogP contribution in [0, 0.1) is 17.8 Å². The lowest BCUT2D eigenvalue weighted by atomic mass is 9.63. The maximum absolute atomic E-state index is 5.82. The molecular formula is C17H28N2. The van der Waals surface area contributed by atoms with Crippen LogP contribution >= 0.6 is 0 Å². The van der Waals surface area contributed by atoms with Crippen LogP contribution in [-0.2, 0) is 0 Å². The molecule has 1 aromatic carbocycles. The molecule has 0 aromatic heterocycles. The fourth-order valence-electron chi connectivity index (χ4n) is 4.02. The topological polar surface area (TPSA) is 38.0 Å². The number of hydrogen-bond donors (Lipinski definition) is 2. The molecular weight excluding hydrogens is 232 g/mol. The molecule has 3 N–H and O–H groups in total. The van der Waals surface area contributed by atoms with Crippen molar-refractivity contribution in [2.75, 3.05) is 11.1 Å². The molecule has 0 atom stereocenters. The van der Waals surface area contributed by atoms with Gasteiger partial charge in [0, 0.05) is 17.4 Å². The first-order chi connectivity index (χ1) is 8.67. The molecule has 1 aliphatic rings. The summed E-state index contributed by atoms with van der Waals surface area (Å²) in [4.78, 5) is 0. The molecule has 0 aliphatic heterocycles. The monoisotopic (exact) mass is 260 g/mol. The van der Waals surface area contributed by atoms with Crippen LogP contribution in [0.1, 0.15) is 52.5 Å². The smallest absolute Gasteiger partial charge is 0.0373 e. The number of nitrogen functional groups attached to an aromatic ring is 1. The zero-order chi connectivity index (χ0) is 14.3. The van der Waals surface area contributed by atoms with Crippen molar-refractivity contribution in [1.82, 2.24) is 0 Å². The predicted octanol–water partition coefficient (Wildman–Crippen LogP) is 4.59. The van der Waals surface area contributed by atoms with Crippen LogP contribution in [0.5, 0.6) is 0 Å². The van der Waals surface area contributed by atoms with E-state index in [1.165, 1.54) is 30.5 Å². The van der Waals surface area contributed by atoms with Gasteiger partial charge >= 0.3 is 0 Å². The maximum Gasteiger partial charge on any atom is 0.0373 e. The number of nitrogens with two attached hydrogens (primary N) is 1. The van der Waals surface area contributed by atoms with Crippen molar-refractivity contribution in [2.45, 2.75) is 59.9 Å². The summed E-state index contributed by atoms with van der Waals surface area (Å²) in [7, 11) is 0. The third-order valence-electron chi connectivity index (χ3n) is 4.17. The Morgan fingerprint density at radius 3 is 2.21 bits per heavy atom. The molecule has 0 radical (unpaired) electrons. The molecule has 1 fully saturated rings. The van der Waals surface area contributed by atoms with Gasteiger partial charge in [-0.25, -0.2) is 0 Å². The molecule has 0 heterocycles.